The average Bonchev–Trinajstić information content (AvgIpc) is 3.11. The maximum absolute atomic E-state index is 13.1. The van der Waals surface area contributed by atoms with Crippen molar-refractivity contribution in [2.45, 2.75) is 25.4 Å². The van der Waals surface area contributed by atoms with Gasteiger partial charge in [0, 0.05) is 18.0 Å². The van der Waals surface area contributed by atoms with Gasteiger partial charge in [-0.15, -0.1) is 0 Å². The van der Waals surface area contributed by atoms with Gasteiger partial charge in [-0.2, -0.15) is 0 Å². The van der Waals surface area contributed by atoms with Gasteiger partial charge in [-0.05, 0) is 54.8 Å². The summed E-state index contributed by atoms with van der Waals surface area (Å²) < 4.78 is 18.5. The standard InChI is InChI=1S/C19H19FN2O3/c20-14-4-1-3-13(11-14)12-18(23)21-15-6-8-16(9-7-15)22-19(24)17-5-2-10-25-17/h1,3-4,6-9,11,17H,2,5,10,12H2,(H,21,23)(H,22,24). The largest absolute Gasteiger partial charge is 0.368 e. The van der Waals surface area contributed by atoms with Gasteiger partial charge in [0.15, 0.2) is 0 Å². The number of hydrogen-bond donors (Lipinski definition) is 2. The first-order valence-corrected chi connectivity index (χ1v) is 8.17. The van der Waals surface area contributed by atoms with Crippen LogP contribution in [-0.4, -0.2) is 24.5 Å². The van der Waals surface area contributed by atoms with Crippen LogP contribution in [0.5, 0.6) is 0 Å². The molecule has 1 aliphatic rings. The highest BCUT2D eigenvalue weighted by molar-refractivity contribution is 5.95. The quantitative estimate of drug-likeness (QED) is 0.877. The second-order valence-electron chi connectivity index (χ2n) is 5.92. The number of hydrogen-bond acceptors (Lipinski definition) is 3. The molecule has 0 radical (unpaired) electrons. The third-order valence-corrected chi connectivity index (χ3v) is 3.91. The van der Waals surface area contributed by atoms with E-state index >= 15 is 0 Å². The molecule has 1 aliphatic heterocycles. The molecule has 1 unspecified atom stereocenters. The molecule has 0 aromatic heterocycles. The SMILES string of the molecule is O=C(Cc1cccc(F)c1)Nc1ccc(NC(=O)C2CCCO2)cc1. The molecule has 0 bridgehead atoms. The molecule has 130 valence electrons. The number of benzene rings is 2. The van der Waals surface area contributed by atoms with Gasteiger partial charge < -0.3 is 15.4 Å². The van der Waals surface area contributed by atoms with Gasteiger partial charge >= 0.3 is 0 Å². The summed E-state index contributed by atoms with van der Waals surface area (Å²) in [6, 6.07) is 12.8. The summed E-state index contributed by atoms with van der Waals surface area (Å²) >= 11 is 0. The van der Waals surface area contributed by atoms with Gasteiger partial charge in [0.1, 0.15) is 11.9 Å². The Balaban J connectivity index is 1.53. The zero-order chi connectivity index (χ0) is 17.6. The van der Waals surface area contributed by atoms with E-state index in [1.54, 1.807) is 36.4 Å². The zero-order valence-corrected chi connectivity index (χ0v) is 13.6. The van der Waals surface area contributed by atoms with E-state index < -0.39 is 0 Å². The van der Waals surface area contributed by atoms with Crippen molar-refractivity contribution in [2.75, 3.05) is 17.2 Å². The van der Waals surface area contributed by atoms with E-state index in [9.17, 15) is 14.0 Å². The van der Waals surface area contributed by atoms with Crippen LogP contribution in [0.3, 0.4) is 0 Å². The molecule has 1 fully saturated rings. The van der Waals surface area contributed by atoms with Crippen LogP contribution >= 0.6 is 0 Å². The van der Waals surface area contributed by atoms with Gasteiger partial charge in [-0.25, -0.2) is 4.39 Å². The molecule has 2 amide bonds. The number of ether oxygens (including phenoxy) is 1. The Morgan fingerprint density at radius 1 is 1.08 bits per heavy atom. The maximum Gasteiger partial charge on any atom is 0.253 e. The Labute approximate surface area is 145 Å². The molecule has 1 atom stereocenters. The molecule has 2 N–H and O–H groups in total. The highest BCUT2D eigenvalue weighted by Crippen LogP contribution is 2.17. The predicted molar refractivity (Wildman–Crippen MR) is 92.8 cm³/mol. The number of halogens is 1. The molecule has 2 aromatic rings. The Morgan fingerprint density at radius 2 is 1.80 bits per heavy atom. The lowest BCUT2D eigenvalue weighted by atomic mass is 10.1. The minimum Gasteiger partial charge on any atom is -0.368 e. The molecular formula is C19H19FN2O3. The summed E-state index contributed by atoms with van der Waals surface area (Å²) in [5, 5.41) is 5.54. The second-order valence-corrected chi connectivity index (χ2v) is 5.92. The third kappa shape index (κ3) is 4.87. The topological polar surface area (TPSA) is 67.4 Å². The van der Waals surface area contributed by atoms with Crippen LogP contribution in [0.1, 0.15) is 18.4 Å². The summed E-state index contributed by atoms with van der Waals surface area (Å²) in [4.78, 5) is 24.0. The summed E-state index contributed by atoms with van der Waals surface area (Å²) in [5.41, 5.74) is 1.86. The maximum atomic E-state index is 13.1. The number of carbonyl (C=O) groups is 2. The van der Waals surface area contributed by atoms with Crippen LogP contribution in [-0.2, 0) is 20.7 Å². The molecule has 6 heteroatoms. The normalized spacial score (nSPS) is 16.4. The van der Waals surface area contributed by atoms with Crippen LogP contribution in [0.15, 0.2) is 48.5 Å². The minimum atomic E-state index is -0.384. The van der Waals surface area contributed by atoms with E-state index in [2.05, 4.69) is 10.6 Å². The van der Waals surface area contributed by atoms with E-state index in [1.165, 1.54) is 12.1 Å². The summed E-state index contributed by atoms with van der Waals surface area (Å²) in [6.07, 6.45) is 1.34. The number of rotatable bonds is 5. The van der Waals surface area contributed by atoms with Crippen LogP contribution in [0.4, 0.5) is 15.8 Å². The zero-order valence-electron chi connectivity index (χ0n) is 13.6. The Hall–Kier alpha value is -2.73. The molecule has 25 heavy (non-hydrogen) atoms. The second kappa shape index (κ2) is 7.90. The highest BCUT2D eigenvalue weighted by Gasteiger charge is 2.23. The van der Waals surface area contributed by atoms with E-state index in [0.29, 0.717) is 23.5 Å². The van der Waals surface area contributed by atoms with E-state index in [-0.39, 0.29) is 30.2 Å². The van der Waals surface area contributed by atoms with Crippen molar-refractivity contribution in [3.05, 3.63) is 59.9 Å². The van der Waals surface area contributed by atoms with Crippen molar-refractivity contribution in [3.8, 4) is 0 Å². The smallest absolute Gasteiger partial charge is 0.253 e. The molecule has 3 rings (SSSR count). The molecule has 0 aliphatic carbocycles. The summed E-state index contributed by atoms with van der Waals surface area (Å²) in [6.45, 7) is 0.619. The first-order chi connectivity index (χ1) is 12.1. The number of nitrogens with one attached hydrogen (secondary N) is 2. The van der Waals surface area contributed by atoms with Crippen molar-refractivity contribution in [3.63, 3.8) is 0 Å². The average molecular weight is 342 g/mol. The lowest BCUT2D eigenvalue weighted by molar-refractivity contribution is -0.124. The number of carbonyl (C=O) groups excluding carboxylic acids is 2. The van der Waals surface area contributed by atoms with Crippen LogP contribution in [0.2, 0.25) is 0 Å². The molecule has 1 saturated heterocycles. The van der Waals surface area contributed by atoms with E-state index in [4.69, 9.17) is 4.74 Å². The fourth-order valence-corrected chi connectivity index (χ4v) is 2.68. The lowest BCUT2D eigenvalue weighted by Gasteiger charge is -2.11. The van der Waals surface area contributed by atoms with Crippen LogP contribution in [0.25, 0.3) is 0 Å². The Bertz CT molecular complexity index is 756. The monoisotopic (exact) mass is 342 g/mol. The predicted octanol–water partition coefficient (Wildman–Crippen LogP) is 3.12. The van der Waals surface area contributed by atoms with Gasteiger partial charge in [-0.1, -0.05) is 12.1 Å². The Kier molecular flexibility index (Phi) is 5.40. The molecule has 5 nitrogen and oxygen atoms in total. The molecule has 1 heterocycles. The van der Waals surface area contributed by atoms with E-state index in [0.717, 1.165) is 12.8 Å². The van der Waals surface area contributed by atoms with Crippen molar-refractivity contribution in [1.29, 1.82) is 0 Å². The highest BCUT2D eigenvalue weighted by atomic mass is 19.1. The van der Waals surface area contributed by atoms with Gasteiger partial charge in [0.05, 0.1) is 6.42 Å². The first-order valence-electron chi connectivity index (χ1n) is 8.17. The summed E-state index contributed by atoms with van der Waals surface area (Å²) in [5.74, 6) is -0.751. The first kappa shape index (κ1) is 17.1. The van der Waals surface area contributed by atoms with Crippen molar-refractivity contribution in [2.24, 2.45) is 0 Å². The molecule has 2 aromatic carbocycles. The number of anilines is 2. The van der Waals surface area contributed by atoms with Crippen LogP contribution < -0.4 is 10.6 Å². The Morgan fingerprint density at radius 3 is 2.44 bits per heavy atom. The number of amides is 2. The third-order valence-electron chi connectivity index (χ3n) is 3.91. The lowest BCUT2D eigenvalue weighted by Crippen LogP contribution is -2.26. The summed E-state index contributed by atoms with van der Waals surface area (Å²) in [7, 11) is 0. The van der Waals surface area contributed by atoms with Gasteiger partial charge in [-0.3, -0.25) is 9.59 Å². The molecule has 0 spiro atoms. The van der Waals surface area contributed by atoms with Gasteiger partial charge in [0.2, 0.25) is 5.91 Å². The molecular weight excluding hydrogens is 323 g/mol. The minimum absolute atomic E-state index is 0.0925. The van der Waals surface area contributed by atoms with Crippen LogP contribution in [0, 0.1) is 5.82 Å². The van der Waals surface area contributed by atoms with E-state index in [1.807, 2.05) is 0 Å². The fraction of sp³-hybridized carbons (Fsp3) is 0.263. The van der Waals surface area contributed by atoms with Gasteiger partial charge in [0.25, 0.3) is 5.91 Å². The van der Waals surface area contributed by atoms with Crippen molar-refractivity contribution < 1.29 is 18.7 Å². The fourth-order valence-electron chi connectivity index (χ4n) is 2.68. The van der Waals surface area contributed by atoms with Crippen molar-refractivity contribution >= 4 is 23.2 Å². The molecule has 0 saturated carbocycles. The van der Waals surface area contributed by atoms with Crippen molar-refractivity contribution in [1.82, 2.24) is 0 Å².